The Kier molecular flexibility index (Phi) is 3.20. The molecule has 0 aliphatic rings. The van der Waals surface area contributed by atoms with Gasteiger partial charge < -0.3 is 10.3 Å². The maximum atomic E-state index is 12.9. The summed E-state index contributed by atoms with van der Waals surface area (Å²) in [6.07, 6.45) is 1.74. The predicted octanol–water partition coefficient (Wildman–Crippen LogP) is 2.35. The lowest BCUT2D eigenvalue weighted by Gasteiger charge is -2.10. The van der Waals surface area contributed by atoms with E-state index < -0.39 is 0 Å². The topological polar surface area (TPSA) is 56.7 Å². The number of halogens is 1. The number of imidazole rings is 1. The standard InChI is InChI=1S/C15H15FN4/c1-20-14-5-3-2-4-13(14)19-15(20)8-11(17)12-7-6-10(16)9-18-12/h2-7,9,11H,8,17H2,1H3. The second-order valence-corrected chi connectivity index (χ2v) is 4.79. The molecule has 2 N–H and O–H groups in total. The Hall–Kier alpha value is -2.27. The van der Waals surface area contributed by atoms with Crippen molar-refractivity contribution < 1.29 is 4.39 Å². The molecule has 2 heterocycles. The molecule has 0 aliphatic carbocycles. The van der Waals surface area contributed by atoms with Crippen molar-refractivity contribution >= 4 is 11.0 Å². The number of hydrogen-bond acceptors (Lipinski definition) is 3. The van der Waals surface area contributed by atoms with Crippen molar-refractivity contribution in [2.24, 2.45) is 12.8 Å². The molecule has 5 heteroatoms. The Morgan fingerprint density at radius 2 is 2.05 bits per heavy atom. The van der Waals surface area contributed by atoms with Crippen molar-refractivity contribution in [3.63, 3.8) is 0 Å². The number of para-hydroxylation sites is 2. The summed E-state index contributed by atoms with van der Waals surface area (Å²) < 4.78 is 14.9. The molecule has 0 saturated carbocycles. The zero-order chi connectivity index (χ0) is 14.1. The van der Waals surface area contributed by atoms with Crippen LogP contribution in [-0.4, -0.2) is 14.5 Å². The maximum absolute atomic E-state index is 12.9. The van der Waals surface area contributed by atoms with E-state index in [-0.39, 0.29) is 11.9 Å². The summed E-state index contributed by atoms with van der Waals surface area (Å²) in [5.74, 6) is 0.536. The van der Waals surface area contributed by atoms with Crippen LogP contribution in [0.2, 0.25) is 0 Å². The quantitative estimate of drug-likeness (QED) is 0.794. The van der Waals surface area contributed by atoms with Crippen molar-refractivity contribution in [2.45, 2.75) is 12.5 Å². The van der Waals surface area contributed by atoms with Crippen molar-refractivity contribution in [3.8, 4) is 0 Å². The normalized spacial score (nSPS) is 12.8. The molecule has 0 spiro atoms. The van der Waals surface area contributed by atoms with Gasteiger partial charge >= 0.3 is 0 Å². The number of nitrogens with zero attached hydrogens (tertiary/aromatic N) is 3. The molecule has 4 nitrogen and oxygen atoms in total. The van der Waals surface area contributed by atoms with Gasteiger partial charge in [0.25, 0.3) is 0 Å². The van der Waals surface area contributed by atoms with Gasteiger partial charge in [0.05, 0.1) is 29.0 Å². The smallest absolute Gasteiger partial charge is 0.141 e. The van der Waals surface area contributed by atoms with Crippen LogP contribution in [0, 0.1) is 5.82 Å². The van der Waals surface area contributed by atoms with Crippen LogP contribution in [0.3, 0.4) is 0 Å². The van der Waals surface area contributed by atoms with Crippen molar-refractivity contribution in [1.29, 1.82) is 0 Å². The van der Waals surface area contributed by atoms with Gasteiger partial charge in [-0.25, -0.2) is 9.37 Å². The Bertz CT molecular complexity index is 733. The minimum Gasteiger partial charge on any atom is -0.331 e. The summed E-state index contributed by atoms with van der Waals surface area (Å²) in [5.41, 5.74) is 8.81. The summed E-state index contributed by atoms with van der Waals surface area (Å²) in [6.45, 7) is 0. The molecule has 0 fully saturated rings. The van der Waals surface area contributed by atoms with Gasteiger partial charge in [-0.3, -0.25) is 4.98 Å². The van der Waals surface area contributed by atoms with Crippen molar-refractivity contribution in [2.75, 3.05) is 0 Å². The molecule has 0 amide bonds. The first-order valence-corrected chi connectivity index (χ1v) is 6.42. The second-order valence-electron chi connectivity index (χ2n) is 4.79. The summed E-state index contributed by atoms with van der Waals surface area (Å²) in [5, 5.41) is 0. The number of aromatic nitrogens is 3. The number of pyridine rings is 1. The molecule has 0 saturated heterocycles. The van der Waals surface area contributed by atoms with E-state index in [1.807, 2.05) is 35.9 Å². The van der Waals surface area contributed by atoms with E-state index in [0.29, 0.717) is 12.1 Å². The van der Waals surface area contributed by atoms with Crippen molar-refractivity contribution in [1.82, 2.24) is 14.5 Å². The first-order valence-electron chi connectivity index (χ1n) is 6.42. The van der Waals surface area contributed by atoms with Crippen LogP contribution >= 0.6 is 0 Å². The third-order valence-electron chi connectivity index (χ3n) is 3.41. The van der Waals surface area contributed by atoms with Crippen LogP contribution in [-0.2, 0) is 13.5 Å². The van der Waals surface area contributed by atoms with E-state index in [9.17, 15) is 4.39 Å². The monoisotopic (exact) mass is 270 g/mol. The molecular formula is C15H15FN4. The highest BCUT2D eigenvalue weighted by molar-refractivity contribution is 5.75. The van der Waals surface area contributed by atoms with Gasteiger partial charge in [0.15, 0.2) is 0 Å². The van der Waals surface area contributed by atoms with E-state index in [4.69, 9.17) is 5.73 Å². The molecule has 1 atom stereocenters. The Labute approximate surface area is 116 Å². The zero-order valence-electron chi connectivity index (χ0n) is 11.1. The largest absolute Gasteiger partial charge is 0.331 e. The number of fused-ring (bicyclic) bond motifs is 1. The number of benzene rings is 1. The second kappa shape index (κ2) is 5.02. The average molecular weight is 270 g/mol. The van der Waals surface area contributed by atoms with Crippen LogP contribution in [0.15, 0.2) is 42.6 Å². The van der Waals surface area contributed by atoms with Gasteiger partial charge in [-0.1, -0.05) is 12.1 Å². The van der Waals surface area contributed by atoms with Gasteiger partial charge in [0.2, 0.25) is 0 Å². The van der Waals surface area contributed by atoms with Gasteiger partial charge in [-0.05, 0) is 24.3 Å². The summed E-state index contributed by atoms with van der Waals surface area (Å²) in [4.78, 5) is 8.60. The number of aryl methyl sites for hydroxylation is 1. The lowest BCUT2D eigenvalue weighted by molar-refractivity contribution is 0.606. The molecule has 20 heavy (non-hydrogen) atoms. The Morgan fingerprint density at radius 1 is 1.25 bits per heavy atom. The SMILES string of the molecule is Cn1c(CC(N)c2ccc(F)cn2)nc2ccccc21. The first kappa shape index (κ1) is 12.7. The molecule has 1 unspecified atom stereocenters. The fourth-order valence-corrected chi connectivity index (χ4v) is 2.29. The highest BCUT2D eigenvalue weighted by Gasteiger charge is 2.14. The lowest BCUT2D eigenvalue weighted by Crippen LogP contribution is -2.17. The molecule has 0 aliphatic heterocycles. The predicted molar refractivity (Wildman–Crippen MR) is 75.5 cm³/mol. The number of rotatable bonds is 3. The van der Waals surface area contributed by atoms with Crippen LogP contribution in [0.1, 0.15) is 17.6 Å². The van der Waals surface area contributed by atoms with E-state index in [2.05, 4.69) is 9.97 Å². The lowest BCUT2D eigenvalue weighted by atomic mass is 10.1. The molecule has 0 radical (unpaired) electrons. The highest BCUT2D eigenvalue weighted by Crippen LogP contribution is 2.18. The van der Waals surface area contributed by atoms with E-state index in [1.165, 1.54) is 12.3 Å². The van der Waals surface area contributed by atoms with E-state index in [0.717, 1.165) is 16.9 Å². The fourth-order valence-electron chi connectivity index (χ4n) is 2.29. The number of nitrogens with two attached hydrogens (primary N) is 1. The average Bonchev–Trinajstić information content (AvgIpc) is 2.77. The third-order valence-corrected chi connectivity index (χ3v) is 3.41. The van der Waals surface area contributed by atoms with Gasteiger partial charge in [-0.15, -0.1) is 0 Å². The minimum atomic E-state index is -0.358. The molecule has 3 rings (SSSR count). The van der Waals surface area contributed by atoms with E-state index in [1.54, 1.807) is 6.07 Å². The van der Waals surface area contributed by atoms with Crippen LogP contribution in [0.4, 0.5) is 4.39 Å². The Balaban J connectivity index is 1.89. The van der Waals surface area contributed by atoms with Crippen molar-refractivity contribution in [3.05, 3.63) is 59.9 Å². The maximum Gasteiger partial charge on any atom is 0.141 e. The zero-order valence-corrected chi connectivity index (χ0v) is 11.1. The summed E-state index contributed by atoms with van der Waals surface area (Å²) >= 11 is 0. The fraction of sp³-hybridized carbons (Fsp3) is 0.200. The highest BCUT2D eigenvalue weighted by atomic mass is 19.1. The molecule has 3 aromatic rings. The first-order chi connectivity index (χ1) is 9.65. The van der Waals surface area contributed by atoms with Crippen LogP contribution in [0.5, 0.6) is 0 Å². The van der Waals surface area contributed by atoms with Gasteiger partial charge in [0.1, 0.15) is 11.6 Å². The van der Waals surface area contributed by atoms with Crippen LogP contribution < -0.4 is 5.73 Å². The molecule has 2 aromatic heterocycles. The third kappa shape index (κ3) is 2.28. The molecule has 0 bridgehead atoms. The number of hydrogen-bond donors (Lipinski definition) is 1. The minimum absolute atomic E-state index is 0.300. The van der Waals surface area contributed by atoms with Gasteiger partial charge in [0, 0.05) is 13.5 Å². The summed E-state index contributed by atoms with van der Waals surface area (Å²) in [6, 6.07) is 10.6. The van der Waals surface area contributed by atoms with Gasteiger partial charge in [-0.2, -0.15) is 0 Å². The molecule has 1 aromatic carbocycles. The van der Waals surface area contributed by atoms with Crippen LogP contribution in [0.25, 0.3) is 11.0 Å². The molecular weight excluding hydrogens is 255 g/mol. The Morgan fingerprint density at radius 3 is 2.75 bits per heavy atom. The summed E-state index contributed by atoms with van der Waals surface area (Å²) in [7, 11) is 1.97. The van der Waals surface area contributed by atoms with E-state index >= 15 is 0 Å². The molecule has 102 valence electrons.